The van der Waals surface area contributed by atoms with Gasteiger partial charge in [-0.2, -0.15) is 0 Å². The van der Waals surface area contributed by atoms with Gasteiger partial charge in [0.1, 0.15) is 0 Å². The summed E-state index contributed by atoms with van der Waals surface area (Å²) >= 11 is 0. The number of amides is 1. The van der Waals surface area contributed by atoms with Crippen LogP contribution in [0.3, 0.4) is 0 Å². The first-order valence-corrected chi connectivity index (χ1v) is 4.91. The maximum Gasteiger partial charge on any atom is 0.408 e. The molecule has 0 aromatic rings. The number of hydrogen-bond donors (Lipinski definition) is 2. The Morgan fingerprint density at radius 2 is 2.57 bits per heavy atom. The Morgan fingerprint density at radius 1 is 1.79 bits per heavy atom. The van der Waals surface area contributed by atoms with Gasteiger partial charge in [-0.3, -0.25) is 4.90 Å². The second kappa shape index (κ2) is 3.40. The molecule has 2 heterocycles. The highest BCUT2D eigenvalue weighted by molar-refractivity contribution is 5.67. The summed E-state index contributed by atoms with van der Waals surface area (Å²) in [6.07, 6.45) is 1.04. The van der Waals surface area contributed by atoms with Crippen LogP contribution in [0.1, 0.15) is 12.8 Å². The third-order valence-corrected chi connectivity index (χ3v) is 3.27. The van der Waals surface area contributed by atoms with Gasteiger partial charge in [-0.25, -0.2) is 4.79 Å². The van der Waals surface area contributed by atoms with Crippen molar-refractivity contribution in [3.05, 3.63) is 0 Å². The van der Waals surface area contributed by atoms with Crippen molar-refractivity contribution in [1.82, 2.24) is 10.2 Å². The predicted molar refractivity (Wildman–Crippen MR) is 50.4 cm³/mol. The van der Waals surface area contributed by atoms with Crippen LogP contribution in [-0.2, 0) is 4.74 Å². The summed E-state index contributed by atoms with van der Waals surface area (Å²) in [5, 5.41) is 12.4. The van der Waals surface area contributed by atoms with E-state index in [1.165, 1.54) is 0 Å². The van der Waals surface area contributed by atoms with Gasteiger partial charge in [0.15, 0.2) is 0 Å². The Balaban J connectivity index is 2.23. The molecule has 1 amide bonds. The number of carboxylic acid groups (broad SMARTS) is 1. The molecule has 2 saturated heterocycles. The van der Waals surface area contributed by atoms with Crippen LogP contribution in [0.4, 0.5) is 4.79 Å². The van der Waals surface area contributed by atoms with Crippen molar-refractivity contribution in [1.29, 1.82) is 0 Å². The van der Waals surface area contributed by atoms with Gasteiger partial charge in [-0.1, -0.05) is 0 Å². The predicted octanol–water partition coefficient (Wildman–Crippen LogP) is 0.117. The van der Waals surface area contributed by atoms with E-state index in [1.807, 2.05) is 0 Å². The molecule has 0 spiro atoms. The molecule has 2 aliphatic rings. The fraction of sp³-hybridized carbons (Fsp3) is 0.889. The van der Waals surface area contributed by atoms with E-state index in [-0.39, 0.29) is 11.6 Å². The van der Waals surface area contributed by atoms with Gasteiger partial charge < -0.3 is 15.2 Å². The lowest BCUT2D eigenvalue weighted by Crippen LogP contribution is -2.63. The van der Waals surface area contributed by atoms with Crippen molar-refractivity contribution in [3.63, 3.8) is 0 Å². The number of ether oxygens (including phenoxy) is 1. The molecule has 14 heavy (non-hydrogen) atoms. The summed E-state index contributed by atoms with van der Waals surface area (Å²) in [6.45, 7) is 1.98. The van der Waals surface area contributed by atoms with Crippen LogP contribution in [-0.4, -0.2) is 54.5 Å². The first kappa shape index (κ1) is 9.73. The average molecular weight is 200 g/mol. The lowest BCUT2D eigenvalue weighted by molar-refractivity contribution is 0.0105. The monoisotopic (exact) mass is 200 g/mol. The first-order chi connectivity index (χ1) is 6.69. The van der Waals surface area contributed by atoms with Gasteiger partial charge in [0, 0.05) is 26.2 Å². The summed E-state index contributed by atoms with van der Waals surface area (Å²) in [5.41, 5.74) is -0.316. The minimum atomic E-state index is -0.814. The smallest absolute Gasteiger partial charge is 0.408 e. The molecule has 0 saturated carbocycles. The lowest BCUT2D eigenvalue weighted by Gasteiger charge is -2.42. The van der Waals surface area contributed by atoms with E-state index >= 15 is 0 Å². The minimum Gasteiger partial charge on any atom is -0.465 e. The maximum atomic E-state index is 11.1. The van der Waals surface area contributed by atoms with Gasteiger partial charge in [0.25, 0.3) is 0 Å². The summed E-state index contributed by atoms with van der Waals surface area (Å²) in [7, 11) is 1.62. The molecule has 0 radical (unpaired) electrons. The van der Waals surface area contributed by atoms with Crippen LogP contribution in [0.5, 0.6) is 0 Å². The molecule has 2 N–H and O–H groups in total. The Labute approximate surface area is 83.0 Å². The average Bonchev–Trinajstić information content (AvgIpc) is 2.35. The number of piperazine rings is 1. The zero-order valence-electron chi connectivity index (χ0n) is 8.32. The molecule has 5 heteroatoms. The fourth-order valence-electron chi connectivity index (χ4n) is 2.73. The van der Waals surface area contributed by atoms with E-state index in [1.54, 1.807) is 12.0 Å². The van der Waals surface area contributed by atoms with Gasteiger partial charge in [-0.15, -0.1) is 0 Å². The molecule has 2 bridgehead atoms. The highest BCUT2D eigenvalue weighted by Crippen LogP contribution is 2.36. The highest BCUT2D eigenvalue weighted by Gasteiger charge is 2.51. The SMILES string of the molecule is COCC12CCC(CNC1)N2C(=O)O. The van der Waals surface area contributed by atoms with Gasteiger partial charge in [-0.05, 0) is 12.8 Å². The lowest BCUT2D eigenvalue weighted by atomic mass is 9.97. The molecule has 80 valence electrons. The topological polar surface area (TPSA) is 61.8 Å². The highest BCUT2D eigenvalue weighted by atomic mass is 16.5. The third kappa shape index (κ3) is 1.27. The molecule has 0 aromatic heterocycles. The van der Waals surface area contributed by atoms with E-state index in [4.69, 9.17) is 9.84 Å². The van der Waals surface area contributed by atoms with E-state index in [0.29, 0.717) is 13.2 Å². The Hall–Kier alpha value is -0.810. The third-order valence-electron chi connectivity index (χ3n) is 3.27. The fourth-order valence-corrected chi connectivity index (χ4v) is 2.73. The Kier molecular flexibility index (Phi) is 2.36. The van der Waals surface area contributed by atoms with Crippen molar-refractivity contribution in [3.8, 4) is 0 Å². The molecular weight excluding hydrogens is 184 g/mol. The van der Waals surface area contributed by atoms with Gasteiger partial charge in [0.2, 0.25) is 0 Å². The van der Waals surface area contributed by atoms with Crippen LogP contribution in [0.25, 0.3) is 0 Å². The quantitative estimate of drug-likeness (QED) is 0.664. The van der Waals surface area contributed by atoms with Crippen molar-refractivity contribution in [2.24, 2.45) is 0 Å². The Bertz CT molecular complexity index is 237. The maximum absolute atomic E-state index is 11.1. The largest absolute Gasteiger partial charge is 0.465 e. The summed E-state index contributed by atoms with van der Waals surface area (Å²) in [6, 6.07) is 0.136. The van der Waals surface area contributed by atoms with Crippen LogP contribution in [0.15, 0.2) is 0 Å². The number of nitrogens with zero attached hydrogens (tertiary/aromatic N) is 1. The molecule has 2 aliphatic heterocycles. The molecule has 0 aromatic carbocycles. The van der Waals surface area contributed by atoms with Crippen LogP contribution < -0.4 is 5.32 Å². The molecule has 0 aliphatic carbocycles. The van der Waals surface area contributed by atoms with E-state index in [0.717, 1.165) is 19.4 Å². The summed E-state index contributed by atoms with van der Waals surface area (Å²) in [4.78, 5) is 12.7. The first-order valence-electron chi connectivity index (χ1n) is 4.91. The van der Waals surface area contributed by atoms with E-state index in [9.17, 15) is 4.79 Å². The molecule has 5 nitrogen and oxygen atoms in total. The zero-order valence-corrected chi connectivity index (χ0v) is 8.32. The molecule has 2 fully saturated rings. The molecule has 2 unspecified atom stereocenters. The van der Waals surface area contributed by atoms with Crippen molar-refractivity contribution in [2.75, 3.05) is 26.8 Å². The standard InChI is InChI=1S/C9H16N2O3/c1-14-6-9-3-2-7(4-10-5-9)11(9)8(12)13/h7,10H,2-6H2,1H3,(H,12,13). The van der Waals surface area contributed by atoms with Crippen molar-refractivity contribution >= 4 is 6.09 Å². The Morgan fingerprint density at radius 3 is 3.21 bits per heavy atom. The number of fused-ring (bicyclic) bond motifs is 2. The molecular formula is C9H16N2O3. The van der Waals surface area contributed by atoms with Crippen molar-refractivity contribution < 1.29 is 14.6 Å². The van der Waals surface area contributed by atoms with E-state index in [2.05, 4.69) is 5.32 Å². The van der Waals surface area contributed by atoms with Crippen molar-refractivity contribution in [2.45, 2.75) is 24.4 Å². The van der Waals surface area contributed by atoms with Crippen LogP contribution >= 0.6 is 0 Å². The second-order valence-electron chi connectivity index (χ2n) is 4.13. The zero-order chi connectivity index (χ0) is 10.2. The molecule has 2 atom stereocenters. The van der Waals surface area contributed by atoms with Crippen LogP contribution in [0, 0.1) is 0 Å². The van der Waals surface area contributed by atoms with E-state index < -0.39 is 6.09 Å². The minimum absolute atomic E-state index is 0.136. The number of carbonyl (C=O) groups is 1. The number of nitrogens with one attached hydrogen (secondary N) is 1. The van der Waals surface area contributed by atoms with Gasteiger partial charge in [0.05, 0.1) is 12.1 Å². The number of methoxy groups -OCH3 is 1. The number of hydrogen-bond acceptors (Lipinski definition) is 3. The summed E-state index contributed by atoms with van der Waals surface area (Å²) in [5.74, 6) is 0. The van der Waals surface area contributed by atoms with Crippen LogP contribution in [0.2, 0.25) is 0 Å². The number of rotatable bonds is 2. The summed E-state index contributed by atoms with van der Waals surface area (Å²) < 4.78 is 5.14. The molecule has 2 rings (SSSR count). The second-order valence-corrected chi connectivity index (χ2v) is 4.13. The normalized spacial score (nSPS) is 36.1. The van der Waals surface area contributed by atoms with Gasteiger partial charge >= 0.3 is 6.09 Å².